The normalized spacial score (nSPS) is 10.9. The highest BCUT2D eigenvalue weighted by molar-refractivity contribution is 9.10. The Morgan fingerprint density at radius 2 is 1.82 bits per heavy atom. The summed E-state index contributed by atoms with van der Waals surface area (Å²) in [6.07, 6.45) is 4.09. The standard InChI is InChI=1S/C23H19BrNO3/c1-16-11-23(26)28-22-13-20(5-6-21(16)22)27-15-17-7-9-25(10-8-17)14-18-3-2-4-19(24)12-18/h2-13H,14-15H2,1H3/q+1. The largest absolute Gasteiger partial charge is 0.489 e. The minimum Gasteiger partial charge on any atom is -0.489 e. The van der Waals surface area contributed by atoms with E-state index in [0.717, 1.165) is 27.5 Å². The van der Waals surface area contributed by atoms with Gasteiger partial charge in [0.15, 0.2) is 18.9 Å². The molecule has 4 rings (SSSR count). The van der Waals surface area contributed by atoms with Gasteiger partial charge in [0.25, 0.3) is 0 Å². The highest BCUT2D eigenvalue weighted by Crippen LogP contribution is 2.22. The molecule has 0 N–H and O–H groups in total. The Kier molecular flexibility index (Phi) is 5.26. The van der Waals surface area contributed by atoms with Crippen LogP contribution in [-0.4, -0.2) is 0 Å². The maximum atomic E-state index is 11.6. The molecule has 0 aliphatic carbocycles. The number of aromatic nitrogens is 1. The Morgan fingerprint density at radius 1 is 1.00 bits per heavy atom. The molecule has 0 radical (unpaired) electrons. The fourth-order valence-electron chi connectivity index (χ4n) is 3.10. The molecule has 0 atom stereocenters. The van der Waals surface area contributed by atoms with Crippen molar-refractivity contribution in [3.8, 4) is 5.75 Å². The lowest BCUT2D eigenvalue weighted by Crippen LogP contribution is -2.33. The lowest BCUT2D eigenvalue weighted by Gasteiger charge is -2.07. The monoisotopic (exact) mass is 436 g/mol. The zero-order chi connectivity index (χ0) is 19.5. The molecule has 28 heavy (non-hydrogen) atoms. The Bertz CT molecular complexity index is 1180. The van der Waals surface area contributed by atoms with Crippen LogP contribution in [0.4, 0.5) is 0 Å². The maximum Gasteiger partial charge on any atom is 0.336 e. The Labute approximate surface area is 171 Å². The van der Waals surface area contributed by atoms with Gasteiger partial charge in [0.1, 0.15) is 17.9 Å². The zero-order valence-electron chi connectivity index (χ0n) is 15.4. The van der Waals surface area contributed by atoms with Crippen LogP contribution in [0.3, 0.4) is 0 Å². The smallest absolute Gasteiger partial charge is 0.336 e. The average Bonchev–Trinajstić information content (AvgIpc) is 2.67. The molecule has 0 bridgehead atoms. The van der Waals surface area contributed by atoms with Crippen LogP contribution >= 0.6 is 15.9 Å². The molecule has 0 fully saturated rings. The van der Waals surface area contributed by atoms with Crippen molar-refractivity contribution >= 4 is 26.9 Å². The summed E-state index contributed by atoms with van der Waals surface area (Å²) in [7, 11) is 0. The third-order valence-corrected chi connectivity index (χ3v) is 5.04. The molecule has 0 spiro atoms. The number of aryl methyl sites for hydroxylation is 1. The summed E-state index contributed by atoms with van der Waals surface area (Å²) >= 11 is 3.50. The SMILES string of the molecule is Cc1cc(=O)oc2cc(OCc3cc[n+](Cc4cccc(Br)c4)cc3)ccc12. The molecule has 0 saturated heterocycles. The third kappa shape index (κ3) is 4.31. The first-order valence-electron chi connectivity index (χ1n) is 8.96. The molecule has 0 amide bonds. The van der Waals surface area contributed by atoms with Crippen molar-refractivity contribution < 1.29 is 13.7 Å². The van der Waals surface area contributed by atoms with E-state index in [0.29, 0.717) is 17.9 Å². The molecular weight excluding hydrogens is 418 g/mol. The molecule has 0 aliphatic rings. The Morgan fingerprint density at radius 3 is 2.61 bits per heavy atom. The van der Waals surface area contributed by atoms with Gasteiger partial charge in [-0.3, -0.25) is 0 Å². The topological polar surface area (TPSA) is 43.3 Å². The summed E-state index contributed by atoms with van der Waals surface area (Å²) < 4.78 is 14.4. The number of benzene rings is 2. The molecule has 0 aliphatic heterocycles. The minimum atomic E-state index is -0.347. The molecule has 4 nitrogen and oxygen atoms in total. The molecular formula is C23H19BrNO3+. The first kappa shape index (κ1) is 18.4. The van der Waals surface area contributed by atoms with Gasteiger partial charge in [-0.15, -0.1) is 0 Å². The molecule has 2 aromatic carbocycles. The van der Waals surface area contributed by atoms with E-state index in [-0.39, 0.29) is 5.63 Å². The van der Waals surface area contributed by atoms with E-state index < -0.39 is 0 Å². The molecule has 2 heterocycles. The zero-order valence-corrected chi connectivity index (χ0v) is 17.0. The van der Waals surface area contributed by atoms with E-state index in [2.05, 4.69) is 32.6 Å². The summed E-state index contributed by atoms with van der Waals surface area (Å²) in [4.78, 5) is 11.6. The third-order valence-electron chi connectivity index (χ3n) is 4.54. The van der Waals surface area contributed by atoms with E-state index >= 15 is 0 Å². The average molecular weight is 437 g/mol. The van der Waals surface area contributed by atoms with Gasteiger partial charge in [0.2, 0.25) is 0 Å². The van der Waals surface area contributed by atoms with Crippen LogP contribution in [0.25, 0.3) is 11.0 Å². The number of hydrogen-bond acceptors (Lipinski definition) is 3. The van der Waals surface area contributed by atoms with Crippen molar-refractivity contribution in [2.75, 3.05) is 0 Å². The number of ether oxygens (including phenoxy) is 1. The van der Waals surface area contributed by atoms with E-state index in [9.17, 15) is 4.79 Å². The van der Waals surface area contributed by atoms with Crippen molar-refractivity contribution in [3.05, 3.63) is 105 Å². The molecule has 0 unspecified atom stereocenters. The van der Waals surface area contributed by atoms with Crippen LogP contribution in [0.2, 0.25) is 0 Å². The quantitative estimate of drug-likeness (QED) is 0.334. The molecule has 2 aromatic heterocycles. The number of pyridine rings is 1. The van der Waals surface area contributed by atoms with Crippen molar-refractivity contribution in [1.29, 1.82) is 0 Å². The van der Waals surface area contributed by atoms with Gasteiger partial charge >= 0.3 is 5.63 Å². The van der Waals surface area contributed by atoms with Gasteiger partial charge in [-0.2, -0.15) is 0 Å². The Balaban J connectivity index is 1.43. The molecule has 5 heteroatoms. The van der Waals surface area contributed by atoms with Gasteiger partial charge in [-0.1, -0.05) is 28.1 Å². The Hall–Kier alpha value is -2.92. The van der Waals surface area contributed by atoms with Crippen LogP contribution in [0, 0.1) is 6.92 Å². The second-order valence-corrected chi connectivity index (χ2v) is 7.62. The highest BCUT2D eigenvalue weighted by Gasteiger charge is 2.06. The van der Waals surface area contributed by atoms with Gasteiger partial charge in [0, 0.05) is 45.3 Å². The van der Waals surface area contributed by atoms with Gasteiger partial charge < -0.3 is 9.15 Å². The first-order valence-corrected chi connectivity index (χ1v) is 9.76. The predicted molar refractivity (Wildman–Crippen MR) is 111 cm³/mol. The lowest BCUT2D eigenvalue weighted by atomic mass is 10.1. The van der Waals surface area contributed by atoms with Gasteiger partial charge in [-0.05, 0) is 36.8 Å². The van der Waals surface area contributed by atoms with Crippen molar-refractivity contribution in [1.82, 2.24) is 0 Å². The summed E-state index contributed by atoms with van der Waals surface area (Å²) in [5.74, 6) is 0.673. The highest BCUT2D eigenvalue weighted by atomic mass is 79.9. The van der Waals surface area contributed by atoms with Crippen LogP contribution in [-0.2, 0) is 13.2 Å². The summed E-state index contributed by atoms with van der Waals surface area (Å²) in [5.41, 5.74) is 3.39. The van der Waals surface area contributed by atoms with Crippen molar-refractivity contribution in [2.24, 2.45) is 0 Å². The maximum absolute atomic E-state index is 11.6. The molecule has 140 valence electrons. The van der Waals surface area contributed by atoms with Crippen LogP contribution in [0.1, 0.15) is 16.7 Å². The van der Waals surface area contributed by atoms with Gasteiger partial charge in [0.05, 0.1) is 0 Å². The van der Waals surface area contributed by atoms with Gasteiger partial charge in [-0.25, -0.2) is 9.36 Å². The number of fused-ring (bicyclic) bond motifs is 1. The van der Waals surface area contributed by atoms with E-state index in [1.165, 1.54) is 11.6 Å². The summed E-state index contributed by atoms with van der Waals surface area (Å²) in [6, 6.07) is 19.4. The molecule has 4 aromatic rings. The fourth-order valence-corrected chi connectivity index (χ4v) is 3.54. The first-order chi connectivity index (χ1) is 13.6. The van der Waals surface area contributed by atoms with Crippen LogP contribution in [0.5, 0.6) is 5.75 Å². The number of nitrogens with zero attached hydrogens (tertiary/aromatic N) is 1. The number of halogens is 1. The summed E-state index contributed by atoms with van der Waals surface area (Å²) in [6.45, 7) is 3.15. The predicted octanol–water partition coefficient (Wildman–Crippen LogP) is 4.78. The van der Waals surface area contributed by atoms with E-state index in [1.807, 2.05) is 55.7 Å². The van der Waals surface area contributed by atoms with Crippen molar-refractivity contribution in [2.45, 2.75) is 20.1 Å². The fraction of sp³-hybridized carbons (Fsp3) is 0.130. The number of hydrogen-bond donors (Lipinski definition) is 0. The van der Waals surface area contributed by atoms with Crippen LogP contribution in [0.15, 0.2) is 86.7 Å². The van der Waals surface area contributed by atoms with Crippen LogP contribution < -0.4 is 14.9 Å². The van der Waals surface area contributed by atoms with E-state index in [4.69, 9.17) is 9.15 Å². The summed E-state index contributed by atoms with van der Waals surface area (Å²) in [5, 5.41) is 0.917. The van der Waals surface area contributed by atoms with E-state index in [1.54, 1.807) is 6.07 Å². The minimum absolute atomic E-state index is 0.347. The molecule has 0 saturated carbocycles. The van der Waals surface area contributed by atoms with Crippen molar-refractivity contribution in [3.63, 3.8) is 0 Å². The second kappa shape index (κ2) is 7.98. The lowest BCUT2D eigenvalue weighted by molar-refractivity contribution is -0.688. The number of rotatable bonds is 5. The second-order valence-electron chi connectivity index (χ2n) is 6.70.